The molecule has 0 radical (unpaired) electrons. The van der Waals surface area contributed by atoms with Gasteiger partial charge in [-0.25, -0.2) is 4.57 Å². The number of halogens is 1. The van der Waals surface area contributed by atoms with Gasteiger partial charge in [-0.1, -0.05) is 103 Å². The summed E-state index contributed by atoms with van der Waals surface area (Å²) in [7, 11) is 2.00. The Balaban J connectivity index is 0. The monoisotopic (exact) mass is 412 g/mol. The molecule has 0 bridgehead atoms. The second-order valence-corrected chi connectivity index (χ2v) is 7.71. The summed E-state index contributed by atoms with van der Waals surface area (Å²) in [4.78, 5) is 10.6. The van der Waals surface area contributed by atoms with Gasteiger partial charge in [-0.15, -0.1) is 0 Å². The number of nitrogens with zero attached hydrogens (tertiary/aromatic N) is 1. The molecular weight excluding hydrogens is 368 g/mol. The molecule has 2 N–H and O–H groups in total. The van der Waals surface area contributed by atoms with Crippen LogP contribution < -0.4 is 22.7 Å². The van der Waals surface area contributed by atoms with Gasteiger partial charge in [0.2, 0.25) is 5.91 Å². The molecule has 1 heterocycles. The zero-order valence-electron chi connectivity index (χ0n) is 18.5. The van der Waals surface area contributed by atoms with Crippen molar-refractivity contribution in [1.29, 1.82) is 0 Å². The van der Waals surface area contributed by atoms with Gasteiger partial charge in [0.1, 0.15) is 7.05 Å². The average molecular weight is 413 g/mol. The minimum atomic E-state index is -0.153. The normalized spacial score (nSPS) is 9.93. The molecule has 1 aromatic heterocycles. The number of carbonyl (C=O) groups excluding carboxylic acids is 1. The van der Waals surface area contributed by atoms with Crippen molar-refractivity contribution in [3.05, 3.63) is 30.6 Å². The number of amides is 1. The first-order valence-corrected chi connectivity index (χ1v) is 11.4. The highest BCUT2D eigenvalue weighted by Crippen LogP contribution is 2.13. The van der Waals surface area contributed by atoms with Gasteiger partial charge in [0.25, 0.3) is 0 Å². The molecule has 0 aliphatic heterocycles. The van der Waals surface area contributed by atoms with Crippen molar-refractivity contribution in [2.24, 2.45) is 12.8 Å². The first kappa shape index (κ1) is 29.1. The molecule has 1 amide bonds. The van der Waals surface area contributed by atoms with Gasteiger partial charge in [-0.3, -0.25) is 4.79 Å². The van der Waals surface area contributed by atoms with Crippen LogP contribution in [0.2, 0.25) is 0 Å². The number of aromatic nitrogens is 1. The predicted octanol–water partition coefficient (Wildman–Crippen LogP) is 3.25. The fourth-order valence-corrected chi connectivity index (χ4v) is 3.16. The summed E-state index contributed by atoms with van der Waals surface area (Å²) in [5.74, 6) is -0.153. The number of primary amides is 1. The van der Waals surface area contributed by atoms with Crippen molar-refractivity contribution in [3.8, 4) is 0 Å². The van der Waals surface area contributed by atoms with Gasteiger partial charge < -0.3 is 18.1 Å². The summed E-state index contributed by atoms with van der Waals surface area (Å²) < 4.78 is 2.00. The van der Waals surface area contributed by atoms with Gasteiger partial charge in [-0.2, -0.15) is 0 Å². The average Bonchev–Trinajstić information content (AvgIpc) is 2.66. The quantitative estimate of drug-likeness (QED) is 0.329. The van der Waals surface area contributed by atoms with E-state index >= 15 is 0 Å². The Hall–Kier alpha value is -1.09. The Morgan fingerprint density at radius 3 is 1.32 bits per heavy atom. The zero-order valence-corrected chi connectivity index (χ0v) is 19.3. The van der Waals surface area contributed by atoms with Gasteiger partial charge in [0.15, 0.2) is 12.4 Å². The van der Waals surface area contributed by atoms with Crippen LogP contribution in [0.4, 0.5) is 0 Å². The largest absolute Gasteiger partial charge is 1.00 e. The Bertz CT molecular complexity index is 426. The minimum absolute atomic E-state index is 0. The molecule has 28 heavy (non-hydrogen) atoms. The molecule has 0 fully saturated rings. The second kappa shape index (κ2) is 23.9. The van der Waals surface area contributed by atoms with Crippen LogP contribution in [0, 0.1) is 0 Å². The van der Waals surface area contributed by atoms with Crippen molar-refractivity contribution in [3.63, 3.8) is 0 Å². The van der Waals surface area contributed by atoms with Crippen molar-refractivity contribution in [1.82, 2.24) is 0 Å². The highest BCUT2D eigenvalue weighted by Gasteiger charge is 1.96. The Labute approximate surface area is 180 Å². The van der Waals surface area contributed by atoms with E-state index in [0.717, 1.165) is 6.42 Å². The summed E-state index contributed by atoms with van der Waals surface area (Å²) in [5, 5.41) is 0. The molecule has 0 aromatic carbocycles. The van der Waals surface area contributed by atoms with Crippen molar-refractivity contribution < 1.29 is 21.8 Å². The van der Waals surface area contributed by atoms with Crippen LogP contribution in [0.15, 0.2) is 30.6 Å². The van der Waals surface area contributed by atoms with Gasteiger partial charge >= 0.3 is 0 Å². The van der Waals surface area contributed by atoms with E-state index in [1.165, 1.54) is 89.9 Å². The van der Waals surface area contributed by atoms with E-state index in [4.69, 9.17) is 5.73 Å². The van der Waals surface area contributed by atoms with Crippen LogP contribution in [0.3, 0.4) is 0 Å². The molecule has 0 saturated carbocycles. The molecule has 1 rings (SSSR count). The van der Waals surface area contributed by atoms with Gasteiger partial charge in [-0.05, 0) is 6.42 Å². The summed E-state index contributed by atoms with van der Waals surface area (Å²) in [6, 6.07) is 6.00. The first-order valence-electron chi connectivity index (χ1n) is 11.4. The number of hydrogen-bond donors (Lipinski definition) is 1. The van der Waals surface area contributed by atoms with Crippen LogP contribution >= 0.6 is 0 Å². The van der Waals surface area contributed by atoms with Crippen molar-refractivity contribution in [2.75, 3.05) is 0 Å². The lowest BCUT2D eigenvalue weighted by atomic mass is 10.0. The Morgan fingerprint density at radius 1 is 0.679 bits per heavy atom. The van der Waals surface area contributed by atoms with Crippen molar-refractivity contribution >= 4 is 5.91 Å². The van der Waals surface area contributed by atoms with E-state index in [1.807, 2.05) is 42.2 Å². The molecule has 164 valence electrons. The van der Waals surface area contributed by atoms with Gasteiger partial charge in [0, 0.05) is 18.6 Å². The molecule has 0 saturated heterocycles. The van der Waals surface area contributed by atoms with Crippen LogP contribution in [0.5, 0.6) is 0 Å². The number of unbranched alkanes of at least 4 members (excludes halogenated alkanes) is 14. The fraction of sp³-hybridized carbons (Fsp3) is 0.750. The number of nitrogens with two attached hydrogens (primary N) is 1. The zero-order chi connectivity index (χ0) is 20.0. The molecule has 3 nitrogen and oxygen atoms in total. The van der Waals surface area contributed by atoms with Gasteiger partial charge in [0.05, 0.1) is 0 Å². The summed E-state index contributed by atoms with van der Waals surface area (Å²) in [5.41, 5.74) is 5.11. The van der Waals surface area contributed by atoms with E-state index in [9.17, 15) is 4.79 Å². The lowest BCUT2D eigenvalue weighted by molar-refractivity contribution is -0.671. The number of pyridine rings is 1. The number of aryl methyl sites for hydroxylation is 1. The highest BCUT2D eigenvalue weighted by molar-refractivity contribution is 5.73. The lowest BCUT2D eigenvalue weighted by Gasteiger charge is -2.03. The third-order valence-corrected chi connectivity index (χ3v) is 4.89. The number of carbonyl (C=O) groups is 1. The van der Waals surface area contributed by atoms with E-state index in [1.54, 1.807) is 0 Å². The molecule has 1 aromatic rings. The molecule has 4 heteroatoms. The molecular formula is C24H45ClN2O. The number of hydrogen-bond acceptors (Lipinski definition) is 1. The van der Waals surface area contributed by atoms with Crippen LogP contribution in [0.1, 0.15) is 110 Å². The highest BCUT2D eigenvalue weighted by atomic mass is 35.5. The van der Waals surface area contributed by atoms with Crippen LogP contribution in [0.25, 0.3) is 0 Å². The lowest BCUT2D eigenvalue weighted by Crippen LogP contribution is -3.00. The third-order valence-electron chi connectivity index (χ3n) is 4.89. The second-order valence-electron chi connectivity index (χ2n) is 7.71. The molecule has 0 atom stereocenters. The third kappa shape index (κ3) is 24.9. The number of rotatable bonds is 16. The Kier molecular flexibility index (Phi) is 24.9. The SMILES string of the molecule is CCCCCCCCCCCCCCCCCC(N)=O.C[n+]1ccccc1.[Cl-]. The summed E-state index contributed by atoms with van der Waals surface area (Å²) in [6.07, 6.45) is 24.9. The summed E-state index contributed by atoms with van der Waals surface area (Å²) in [6.45, 7) is 2.28. The van der Waals surface area contributed by atoms with Crippen molar-refractivity contribution in [2.45, 2.75) is 110 Å². The molecule has 0 spiro atoms. The maximum Gasteiger partial charge on any atom is 0.217 e. The fourth-order valence-electron chi connectivity index (χ4n) is 3.16. The topological polar surface area (TPSA) is 47.0 Å². The van der Waals surface area contributed by atoms with Crippen LogP contribution in [-0.4, -0.2) is 5.91 Å². The first-order chi connectivity index (χ1) is 13.2. The van der Waals surface area contributed by atoms with Crippen LogP contribution in [-0.2, 0) is 11.8 Å². The van der Waals surface area contributed by atoms with E-state index in [0.29, 0.717) is 6.42 Å². The maximum absolute atomic E-state index is 10.6. The van der Waals surface area contributed by atoms with E-state index in [-0.39, 0.29) is 18.3 Å². The molecule has 0 unspecified atom stereocenters. The Morgan fingerprint density at radius 2 is 1.04 bits per heavy atom. The molecule has 0 aliphatic rings. The standard InChI is InChI=1S/C18H37NO.C6H8N.ClH/c1-2-3-4-5-6-7-8-9-10-11-12-13-14-15-16-17-18(19)20;1-7-5-3-2-4-6-7;/h2-17H2,1H3,(H2,19,20);2-6H,1H3;1H/q;+1;/p-1. The minimum Gasteiger partial charge on any atom is -1.00 e. The maximum atomic E-state index is 10.6. The van der Waals surface area contributed by atoms with E-state index < -0.39 is 0 Å². The van der Waals surface area contributed by atoms with E-state index in [2.05, 4.69) is 6.92 Å². The molecule has 0 aliphatic carbocycles. The summed E-state index contributed by atoms with van der Waals surface area (Å²) >= 11 is 0. The smallest absolute Gasteiger partial charge is 0.217 e. The predicted molar refractivity (Wildman–Crippen MR) is 116 cm³/mol.